The molecule has 1 aromatic carbocycles. The summed E-state index contributed by atoms with van der Waals surface area (Å²) in [5, 5.41) is 21.2. The SMILES string of the molecule is COC(=O)NC(OC(=O)c1ccc(CO[N+](=O)[O-])cc1)C1(CC(=O)O)CCCCC1. The molecule has 1 aromatic rings. The molecule has 30 heavy (non-hydrogen) atoms. The van der Waals surface area contributed by atoms with Gasteiger partial charge in [-0.2, -0.15) is 0 Å². The van der Waals surface area contributed by atoms with E-state index in [0.717, 1.165) is 26.4 Å². The zero-order chi connectivity index (χ0) is 22.1. The van der Waals surface area contributed by atoms with Crippen molar-refractivity contribution in [3.63, 3.8) is 0 Å². The summed E-state index contributed by atoms with van der Waals surface area (Å²) in [5.74, 6) is -1.83. The van der Waals surface area contributed by atoms with Gasteiger partial charge in [0.15, 0.2) is 6.23 Å². The largest absolute Gasteiger partial charge is 0.481 e. The average Bonchev–Trinajstić information content (AvgIpc) is 2.72. The highest BCUT2D eigenvalue weighted by molar-refractivity contribution is 5.89. The zero-order valence-corrected chi connectivity index (χ0v) is 16.5. The Bertz CT molecular complexity index is 773. The van der Waals surface area contributed by atoms with Crippen LogP contribution in [0.2, 0.25) is 0 Å². The van der Waals surface area contributed by atoms with Crippen LogP contribution >= 0.6 is 0 Å². The number of esters is 1. The van der Waals surface area contributed by atoms with Crippen LogP contribution in [0.1, 0.15) is 54.4 Å². The molecule has 1 saturated carbocycles. The van der Waals surface area contributed by atoms with Gasteiger partial charge in [0.1, 0.15) is 6.61 Å². The number of methoxy groups -OCH3 is 1. The second-order valence-corrected chi connectivity index (χ2v) is 7.11. The van der Waals surface area contributed by atoms with Gasteiger partial charge in [-0.05, 0) is 30.5 Å². The van der Waals surface area contributed by atoms with E-state index in [1.807, 2.05) is 0 Å². The van der Waals surface area contributed by atoms with Crippen molar-refractivity contribution in [2.24, 2.45) is 5.41 Å². The Morgan fingerprint density at radius 3 is 2.37 bits per heavy atom. The predicted molar refractivity (Wildman–Crippen MR) is 101 cm³/mol. The Kier molecular flexibility index (Phi) is 7.96. The van der Waals surface area contributed by atoms with E-state index in [-0.39, 0.29) is 18.6 Å². The summed E-state index contributed by atoms with van der Waals surface area (Å²) in [7, 11) is 1.16. The fourth-order valence-electron chi connectivity index (χ4n) is 3.60. The third-order valence-corrected chi connectivity index (χ3v) is 5.09. The minimum atomic E-state index is -1.19. The summed E-state index contributed by atoms with van der Waals surface area (Å²) in [4.78, 5) is 50.5. The quantitative estimate of drug-likeness (QED) is 0.263. The summed E-state index contributed by atoms with van der Waals surface area (Å²) < 4.78 is 10.2. The van der Waals surface area contributed by atoms with Crippen LogP contribution in [0.15, 0.2) is 24.3 Å². The zero-order valence-electron chi connectivity index (χ0n) is 16.5. The first kappa shape index (κ1) is 22.9. The fraction of sp³-hybridized carbons (Fsp3) is 0.526. The molecular formula is C19H24N2O9. The second-order valence-electron chi connectivity index (χ2n) is 7.11. The van der Waals surface area contributed by atoms with Gasteiger partial charge in [-0.15, -0.1) is 10.1 Å². The molecule has 0 bridgehead atoms. The van der Waals surface area contributed by atoms with Gasteiger partial charge in [0, 0.05) is 5.41 Å². The number of benzene rings is 1. The number of carbonyl (C=O) groups excluding carboxylic acids is 2. The van der Waals surface area contributed by atoms with Crippen molar-refractivity contribution in [3.8, 4) is 0 Å². The fourth-order valence-corrected chi connectivity index (χ4v) is 3.60. The van der Waals surface area contributed by atoms with Crippen LogP contribution in [-0.4, -0.2) is 41.6 Å². The smallest absolute Gasteiger partial charge is 0.409 e. The van der Waals surface area contributed by atoms with Gasteiger partial charge in [0.25, 0.3) is 5.09 Å². The number of alkyl carbamates (subject to hydrolysis) is 1. The molecule has 1 aliphatic carbocycles. The first-order valence-electron chi connectivity index (χ1n) is 9.39. The van der Waals surface area contributed by atoms with Crippen LogP contribution in [0.5, 0.6) is 0 Å². The Morgan fingerprint density at radius 1 is 1.20 bits per heavy atom. The molecule has 1 aliphatic rings. The maximum Gasteiger partial charge on any atom is 0.409 e. The topological polar surface area (TPSA) is 154 Å². The number of carboxylic acids is 1. The van der Waals surface area contributed by atoms with Crippen LogP contribution in [0, 0.1) is 15.5 Å². The molecule has 2 N–H and O–H groups in total. The number of rotatable bonds is 9. The van der Waals surface area contributed by atoms with Gasteiger partial charge in [-0.3, -0.25) is 10.1 Å². The monoisotopic (exact) mass is 424 g/mol. The lowest BCUT2D eigenvalue weighted by Crippen LogP contribution is -2.52. The van der Waals surface area contributed by atoms with E-state index in [2.05, 4.69) is 14.9 Å². The normalized spacial score (nSPS) is 16.0. The summed E-state index contributed by atoms with van der Waals surface area (Å²) >= 11 is 0. The lowest BCUT2D eigenvalue weighted by atomic mass is 9.70. The van der Waals surface area contributed by atoms with Gasteiger partial charge in [-0.1, -0.05) is 31.4 Å². The van der Waals surface area contributed by atoms with Crippen molar-refractivity contribution >= 4 is 18.0 Å². The Balaban J connectivity index is 2.20. The predicted octanol–water partition coefficient (Wildman–Crippen LogP) is 2.66. The first-order valence-corrected chi connectivity index (χ1v) is 9.39. The van der Waals surface area contributed by atoms with Gasteiger partial charge in [0.05, 0.1) is 19.1 Å². The van der Waals surface area contributed by atoms with E-state index in [4.69, 9.17) is 4.74 Å². The Labute approximate surface area is 172 Å². The summed E-state index contributed by atoms with van der Waals surface area (Å²) in [6, 6.07) is 5.74. The molecule has 1 amide bonds. The number of aliphatic carboxylic acids is 1. The maximum absolute atomic E-state index is 12.7. The van der Waals surface area contributed by atoms with E-state index in [0.29, 0.717) is 18.4 Å². The summed E-state index contributed by atoms with van der Waals surface area (Å²) in [6.45, 7) is -0.267. The highest BCUT2D eigenvalue weighted by atomic mass is 16.9. The van der Waals surface area contributed by atoms with E-state index >= 15 is 0 Å². The van der Waals surface area contributed by atoms with Crippen molar-refractivity contribution in [2.75, 3.05) is 7.11 Å². The number of hydrogen-bond acceptors (Lipinski definition) is 8. The molecule has 1 atom stereocenters. The molecule has 0 spiro atoms. The third kappa shape index (κ3) is 6.33. The van der Waals surface area contributed by atoms with Gasteiger partial charge < -0.3 is 19.4 Å². The van der Waals surface area contributed by atoms with E-state index in [9.17, 15) is 29.6 Å². The van der Waals surface area contributed by atoms with Gasteiger partial charge in [-0.25, -0.2) is 9.59 Å². The summed E-state index contributed by atoms with van der Waals surface area (Å²) in [6.07, 6.45) is 1.06. The third-order valence-electron chi connectivity index (χ3n) is 5.09. The second kappa shape index (κ2) is 10.4. The minimum absolute atomic E-state index is 0.137. The standard InChI is InChI=1S/C19H24N2O9/c1-28-18(25)20-17(19(11-15(22)23)9-3-2-4-10-19)30-16(24)14-7-5-13(6-8-14)12-29-21(26)27/h5-8,17H,2-4,9-12H2,1H3,(H,20,25)(H,22,23). The molecule has 164 valence electrons. The van der Waals surface area contributed by atoms with Gasteiger partial charge in [0.2, 0.25) is 0 Å². The molecule has 1 unspecified atom stereocenters. The molecule has 0 aromatic heterocycles. The van der Waals surface area contributed by atoms with Crippen LogP contribution < -0.4 is 5.32 Å². The first-order chi connectivity index (χ1) is 14.3. The molecule has 11 heteroatoms. The van der Waals surface area contributed by atoms with Crippen LogP contribution in [0.3, 0.4) is 0 Å². The number of carbonyl (C=O) groups is 3. The van der Waals surface area contributed by atoms with Crippen LogP contribution in [0.25, 0.3) is 0 Å². The number of hydrogen-bond donors (Lipinski definition) is 2. The molecule has 0 saturated heterocycles. The van der Waals surface area contributed by atoms with E-state index < -0.39 is 34.8 Å². The number of ether oxygens (including phenoxy) is 2. The van der Waals surface area contributed by atoms with Crippen LogP contribution in [-0.2, 0) is 25.7 Å². The molecule has 0 heterocycles. The van der Waals surface area contributed by atoms with Gasteiger partial charge >= 0.3 is 18.0 Å². The number of amides is 1. The number of carboxylic acid groups (broad SMARTS) is 1. The number of nitrogens with zero attached hydrogens (tertiary/aromatic N) is 1. The van der Waals surface area contributed by atoms with Crippen molar-refractivity contribution in [1.82, 2.24) is 5.32 Å². The van der Waals surface area contributed by atoms with Crippen molar-refractivity contribution in [3.05, 3.63) is 45.5 Å². The van der Waals surface area contributed by atoms with Crippen LogP contribution in [0.4, 0.5) is 4.79 Å². The van der Waals surface area contributed by atoms with E-state index in [1.54, 1.807) is 0 Å². The van der Waals surface area contributed by atoms with E-state index in [1.165, 1.54) is 24.3 Å². The maximum atomic E-state index is 12.7. The highest BCUT2D eigenvalue weighted by Crippen LogP contribution is 2.43. The summed E-state index contributed by atoms with van der Waals surface area (Å²) in [5.41, 5.74) is -0.340. The Hall–Kier alpha value is -3.37. The molecule has 1 fully saturated rings. The lowest BCUT2D eigenvalue weighted by Gasteiger charge is -2.41. The minimum Gasteiger partial charge on any atom is -0.481 e. The molecule has 0 radical (unpaired) electrons. The molecular weight excluding hydrogens is 400 g/mol. The number of nitrogens with one attached hydrogen (secondary N) is 1. The lowest BCUT2D eigenvalue weighted by molar-refractivity contribution is -0.763. The van der Waals surface area contributed by atoms with Crippen molar-refractivity contribution in [1.29, 1.82) is 0 Å². The highest BCUT2D eigenvalue weighted by Gasteiger charge is 2.45. The van der Waals surface area contributed by atoms with Crippen molar-refractivity contribution < 1.29 is 38.9 Å². The average molecular weight is 424 g/mol. The molecule has 2 rings (SSSR count). The molecule has 11 nitrogen and oxygen atoms in total. The molecule has 0 aliphatic heterocycles. The Morgan fingerprint density at radius 2 is 1.83 bits per heavy atom. The van der Waals surface area contributed by atoms with Crippen molar-refractivity contribution in [2.45, 2.75) is 51.4 Å².